The van der Waals surface area contributed by atoms with Gasteiger partial charge in [0.1, 0.15) is 0 Å². The Balaban J connectivity index is 3.28. The van der Waals surface area contributed by atoms with Crippen LogP contribution < -0.4 is 0 Å². The minimum atomic E-state index is 1.07. The third-order valence-electron chi connectivity index (χ3n) is 3.22. The van der Waals surface area contributed by atoms with Crippen molar-refractivity contribution >= 4 is 22.5 Å². The Labute approximate surface area is 111 Å². The third kappa shape index (κ3) is 11.1. The molecule has 0 amide bonds. The Kier molecular flexibility index (Phi) is 13.6. The van der Waals surface area contributed by atoms with Gasteiger partial charge < -0.3 is 0 Å². The Hall–Kier alpha value is 0.799. The zero-order valence-electron chi connectivity index (χ0n) is 10.9. The molecule has 0 heterocycles. The summed E-state index contributed by atoms with van der Waals surface area (Å²) >= 11 is 1.75. The SMILES string of the molecule is CCCCCCCC([CH2][Sn])CCCCC. The molecular weight excluding hydrogens is 287 g/mol. The van der Waals surface area contributed by atoms with Crippen molar-refractivity contribution in [1.82, 2.24) is 0 Å². The maximum atomic E-state index is 2.30. The fourth-order valence-corrected chi connectivity index (χ4v) is 3.23. The van der Waals surface area contributed by atoms with Crippen molar-refractivity contribution in [3.63, 3.8) is 0 Å². The summed E-state index contributed by atoms with van der Waals surface area (Å²) in [5.74, 6) is 1.07. The summed E-state index contributed by atoms with van der Waals surface area (Å²) in [5, 5.41) is 0. The minimum absolute atomic E-state index is 1.07. The molecular formula is C14H29Sn. The van der Waals surface area contributed by atoms with Gasteiger partial charge in [-0.3, -0.25) is 0 Å². The number of unbranched alkanes of at least 4 members (excludes halogenated alkanes) is 6. The molecule has 3 radical (unpaired) electrons. The predicted molar refractivity (Wildman–Crippen MR) is 71.6 cm³/mol. The van der Waals surface area contributed by atoms with Gasteiger partial charge >= 0.3 is 111 Å². The average Bonchev–Trinajstić information content (AvgIpc) is 2.26. The molecule has 1 atom stereocenters. The quantitative estimate of drug-likeness (QED) is 0.366. The van der Waals surface area contributed by atoms with Crippen LogP contribution in [0.15, 0.2) is 0 Å². The van der Waals surface area contributed by atoms with E-state index >= 15 is 0 Å². The molecule has 1 unspecified atom stereocenters. The van der Waals surface area contributed by atoms with Gasteiger partial charge in [-0.2, -0.15) is 0 Å². The van der Waals surface area contributed by atoms with Crippen molar-refractivity contribution in [3.8, 4) is 0 Å². The molecule has 0 aromatic carbocycles. The topological polar surface area (TPSA) is 0 Å². The van der Waals surface area contributed by atoms with Crippen LogP contribution in [0.3, 0.4) is 0 Å². The van der Waals surface area contributed by atoms with Gasteiger partial charge in [0.2, 0.25) is 0 Å². The first kappa shape index (κ1) is 15.8. The van der Waals surface area contributed by atoms with Crippen LogP contribution in [-0.4, -0.2) is 22.5 Å². The van der Waals surface area contributed by atoms with E-state index < -0.39 is 0 Å². The summed E-state index contributed by atoms with van der Waals surface area (Å²) in [6, 6.07) is 0. The second-order valence-electron chi connectivity index (χ2n) is 4.77. The van der Waals surface area contributed by atoms with Crippen molar-refractivity contribution in [1.29, 1.82) is 0 Å². The van der Waals surface area contributed by atoms with Gasteiger partial charge in [-0.05, 0) is 0 Å². The van der Waals surface area contributed by atoms with Crippen molar-refractivity contribution < 1.29 is 0 Å². The first-order valence-corrected chi connectivity index (χ1v) is 9.01. The molecule has 0 N–H and O–H groups in total. The predicted octanol–water partition coefficient (Wildman–Crippen LogP) is 5.13. The number of rotatable bonds is 11. The van der Waals surface area contributed by atoms with Crippen LogP contribution in [0.1, 0.15) is 78.1 Å². The van der Waals surface area contributed by atoms with Crippen LogP contribution in [-0.2, 0) is 0 Å². The van der Waals surface area contributed by atoms with E-state index in [0.29, 0.717) is 0 Å². The number of hydrogen-bond donors (Lipinski definition) is 0. The molecule has 0 bridgehead atoms. The molecule has 1 heteroatoms. The molecule has 0 spiro atoms. The summed E-state index contributed by atoms with van der Waals surface area (Å²) in [5.41, 5.74) is 0. The Bertz CT molecular complexity index is 112. The molecule has 0 aromatic heterocycles. The average molecular weight is 316 g/mol. The summed E-state index contributed by atoms with van der Waals surface area (Å²) in [7, 11) is 0. The van der Waals surface area contributed by atoms with Crippen LogP contribution in [0.2, 0.25) is 4.44 Å². The van der Waals surface area contributed by atoms with Gasteiger partial charge in [-0.1, -0.05) is 0 Å². The summed E-state index contributed by atoms with van der Waals surface area (Å²) in [6.07, 6.45) is 14.6. The Morgan fingerprint density at radius 2 is 1.20 bits per heavy atom. The molecule has 0 aliphatic carbocycles. The van der Waals surface area contributed by atoms with Crippen molar-refractivity contribution in [2.24, 2.45) is 5.92 Å². The molecule has 0 aliphatic heterocycles. The van der Waals surface area contributed by atoms with E-state index in [1.165, 1.54) is 68.6 Å². The van der Waals surface area contributed by atoms with E-state index in [4.69, 9.17) is 0 Å². The van der Waals surface area contributed by atoms with Crippen molar-refractivity contribution in [3.05, 3.63) is 0 Å². The molecule has 0 saturated heterocycles. The van der Waals surface area contributed by atoms with E-state index in [1.807, 2.05) is 0 Å². The molecule has 0 aromatic rings. The summed E-state index contributed by atoms with van der Waals surface area (Å²) in [4.78, 5) is 0. The van der Waals surface area contributed by atoms with E-state index in [0.717, 1.165) is 5.92 Å². The molecule has 89 valence electrons. The normalized spacial score (nSPS) is 13.0. The van der Waals surface area contributed by atoms with Crippen LogP contribution in [0, 0.1) is 5.92 Å². The first-order valence-electron chi connectivity index (χ1n) is 6.99. The molecule has 15 heavy (non-hydrogen) atoms. The van der Waals surface area contributed by atoms with Crippen molar-refractivity contribution in [2.45, 2.75) is 82.5 Å². The van der Waals surface area contributed by atoms with Crippen LogP contribution in [0.4, 0.5) is 0 Å². The van der Waals surface area contributed by atoms with E-state index in [9.17, 15) is 0 Å². The van der Waals surface area contributed by atoms with Gasteiger partial charge in [-0.25, -0.2) is 0 Å². The molecule has 0 fully saturated rings. The standard InChI is InChI=1S/C14H29.Sn/c1-4-6-8-9-11-13-14(3)12-10-7-5-2;/h14H,3-13H2,1-2H3;. The van der Waals surface area contributed by atoms with Gasteiger partial charge in [0.15, 0.2) is 0 Å². The zero-order valence-corrected chi connectivity index (χ0v) is 13.7. The van der Waals surface area contributed by atoms with E-state index in [2.05, 4.69) is 13.8 Å². The molecule has 0 saturated carbocycles. The summed E-state index contributed by atoms with van der Waals surface area (Å²) < 4.78 is 1.49. The Morgan fingerprint density at radius 1 is 0.733 bits per heavy atom. The fraction of sp³-hybridized carbons (Fsp3) is 1.00. The third-order valence-corrected chi connectivity index (χ3v) is 4.87. The maximum absolute atomic E-state index is 2.30. The Morgan fingerprint density at radius 3 is 1.73 bits per heavy atom. The van der Waals surface area contributed by atoms with Gasteiger partial charge in [-0.15, -0.1) is 0 Å². The second kappa shape index (κ2) is 12.9. The monoisotopic (exact) mass is 317 g/mol. The zero-order chi connectivity index (χ0) is 11.4. The second-order valence-corrected chi connectivity index (χ2v) is 5.93. The molecule has 0 rings (SSSR count). The van der Waals surface area contributed by atoms with Crippen molar-refractivity contribution in [2.75, 3.05) is 0 Å². The van der Waals surface area contributed by atoms with Gasteiger partial charge in [0, 0.05) is 0 Å². The molecule has 0 aliphatic rings. The first-order chi connectivity index (χ1) is 7.35. The van der Waals surface area contributed by atoms with Crippen LogP contribution >= 0.6 is 0 Å². The summed E-state index contributed by atoms with van der Waals surface area (Å²) in [6.45, 7) is 4.60. The molecule has 0 nitrogen and oxygen atoms in total. The van der Waals surface area contributed by atoms with Crippen LogP contribution in [0.25, 0.3) is 0 Å². The van der Waals surface area contributed by atoms with E-state index in [1.54, 1.807) is 22.5 Å². The fourth-order valence-electron chi connectivity index (χ4n) is 2.07. The van der Waals surface area contributed by atoms with Crippen LogP contribution in [0.5, 0.6) is 0 Å². The van der Waals surface area contributed by atoms with E-state index in [-0.39, 0.29) is 0 Å². The van der Waals surface area contributed by atoms with Gasteiger partial charge in [0.05, 0.1) is 0 Å². The number of hydrogen-bond acceptors (Lipinski definition) is 0. The van der Waals surface area contributed by atoms with Gasteiger partial charge in [0.25, 0.3) is 0 Å².